The third-order valence-electron chi connectivity index (χ3n) is 3.58. The SMILES string of the molecule is CNCc1cc(F)c(N(C)CC2CC(O)C2)c(F)c1. The molecule has 0 atom stereocenters. The van der Waals surface area contributed by atoms with Crippen molar-refractivity contribution in [2.24, 2.45) is 5.92 Å². The molecule has 0 heterocycles. The predicted octanol–water partition coefficient (Wildman–Crippen LogP) is 1.89. The van der Waals surface area contributed by atoms with Gasteiger partial charge in [-0.15, -0.1) is 0 Å². The average Bonchev–Trinajstić information content (AvgIpc) is 2.26. The predicted molar refractivity (Wildman–Crippen MR) is 71.1 cm³/mol. The summed E-state index contributed by atoms with van der Waals surface area (Å²) < 4.78 is 27.9. The van der Waals surface area contributed by atoms with Crippen LogP contribution in [0.2, 0.25) is 0 Å². The number of nitrogens with one attached hydrogen (secondary N) is 1. The third-order valence-corrected chi connectivity index (χ3v) is 3.58. The van der Waals surface area contributed by atoms with E-state index in [0.717, 1.165) is 0 Å². The lowest BCUT2D eigenvalue weighted by atomic mass is 9.82. The van der Waals surface area contributed by atoms with Crippen molar-refractivity contribution in [3.63, 3.8) is 0 Å². The summed E-state index contributed by atoms with van der Waals surface area (Å²) in [6.07, 6.45) is 1.18. The van der Waals surface area contributed by atoms with Crippen LogP contribution < -0.4 is 10.2 Å². The first kappa shape index (κ1) is 14.2. The van der Waals surface area contributed by atoms with Gasteiger partial charge in [-0.3, -0.25) is 0 Å². The first-order valence-electron chi connectivity index (χ1n) is 6.53. The van der Waals surface area contributed by atoms with Crippen molar-refractivity contribution < 1.29 is 13.9 Å². The second-order valence-electron chi connectivity index (χ2n) is 5.31. The molecule has 2 N–H and O–H groups in total. The molecule has 0 saturated heterocycles. The van der Waals surface area contributed by atoms with Crippen LogP contribution in [0, 0.1) is 17.6 Å². The first-order valence-corrected chi connectivity index (χ1v) is 6.53. The zero-order valence-corrected chi connectivity index (χ0v) is 11.3. The molecule has 0 aromatic heterocycles. The summed E-state index contributed by atoms with van der Waals surface area (Å²) in [5.41, 5.74) is 0.606. The molecule has 19 heavy (non-hydrogen) atoms. The van der Waals surface area contributed by atoms with Crippen molar-refractivity contribution in [1.29, 1.82) is 0 Å². The molecule has 1 aliphatic rings. The Labute approximate surface area is 112 Å². The lowest BCUT2D eigenvalue weighted by molar-refractivity contribution is 0.0464. The van der Waals surface area contributed by atoms with Gasteiger partial charge in [-0.05, 0) is 43.5 Å². The van der Waals surface area contributed by atoms with Crippen LogP contribution in [0.5, 0.6) is 0 Å². The van der Waals surface area contributed by atoms with E-state index in [-0.39, 0.29) is 11.8 Å². The average molecular weight is 270 g/mol. The van der Waals surface area contributed by atoms with Crippen molar-refractivity contribution in [3.8, 4) is 0 Å². The number of rotatable bonds is 5. The van der Waals surface area contributed by atoms with Crippen LogP contribution >= 0.6 is 0 Å². The molecule has 0 radical (unpaired) electrons. The molecule has 1 aliphatic carbocycles. The van der Waals surface area contributed by atoms with Crippen LogP contribution in [0.4, 0.5) is 14.5 Å². The van der Waals surface area contributed by atoms with Crippen molar-refractivity contribution in [3.05, 3.63) is 29.3 Å². The normalized spacial score (nSPS) is 22.2. The van der Waals surface area contributed by atoms with E-state index in [9.17, 15) is 13.9 Å². The Bertz CT molecular complexity index is 424. The number of benzene rings is 1. The quantitative estimate of drug-likeness (QED) is 0.857. The topological polar surface area (TPSA) is 35.5 Å². The van der Waals surface area contributed by atoms with E-state index in [2.05, 4.69) is 5.32 Å². The molecule has 0 spiro atoms. The summed E-state index contributed by atoms with van der Waals surface area (Å²) in [4.78, 5) is 1.60. The summed E-state index contributed by atoms with van der Waals surface area (Å²) in [6, 6.07) is 2.72. The highest BCUT2D eigenvalue weighted by Gasteiger charge is 2.29. The van der Waals surface area contributed by atoms with Crippen LogP contribution in [0.25, 0.3) is 0 Å². The molecular formula is C14H20F2N2O. The highest BCUT2D eigenvalue weighted by atomic mass is 19.1. The maximum atomic E-state index is 14.0. The lowest BCUT2D eigenvalue weighted by Gasteiger charge is -2.35. The largest absolute Gasteiger partial charge is 0.393 e. The molecular weight excluding hydrogens is 250 g/mol. The summed E-state index contributed by atoms with van der Waals surface area (Å²) in [7, 11) is 3.42. The van der Waals surface area contributed by atoms with Gasteiger partial charge in [0, 0.05) is 20.1 Å². The fourth-order valence-electron chi connectivity index (χ4n) is 2.62. The van der Waals surface area contributed by atoms with Gasteiger partial charge < -0.3 is 15.3 Å². The van der Waals surface area contributed by atoms with Crippen molar-refractivity contribution in [2.45, 2.75) is 25.5 Å². The summed E-state index contributed by atoms with van der Waals surface area (Å²) in [6.45, 7) is 1.00. The Morgan fingerprint density at radius 1 is 1.32 bits per heavy atom. The number of aliphatic hydroxyl groups is 1. The molecule has 0 amide bonds. The van der Waals surface area contributed by atoms with E-state index in [4.69, 9.17) is 0 Å². The van der Waals surface area contributed by atoms with Crippen LogP contribution in [0.15, 0.2) is 12.1 Å². The number of hydrogen-bond donors (Lipinski definition) is 2. The van der Waals surface area contributed by atoms with Gasteiger partial charge in [-0.25, -0.2) is 8.78 Å². The molecule has 106 valence electrons. The second kappa shape index (κ2) is 5.84. The first-order chi connectivity index (χ1) is 9.01. The Balaban J connectivity index is 2.10. The summed E-state index contributed by atoms with van der Waals surface area (Å²) >= 11 is 0. The van der Waals surface area contributed by atoms with E-state index in [1.807, 2.05) is 0 Å². The summed E-state index contributed by atoms with van der Waals surface area (Å²) in [5.74, 6) is -0.754. The molecule has 1 saturated carbocycles. The van der Waals surface area contributed by atoms with Crippen molar-refractivity contribution in [2.75, 3.05) is 25.5 Å². The van der Waals surface area contributed by atoms with Gasteiger partial charge in [0.2, 0.25) is 0 Å². The van der Waals surface area contributed by atoms with Gasteiger partial charge in [0.25, 0.3) is 0 Å². The second-order valence-corrected chi connectivity index (χ2v) is 5.31. The van der Waals surface area contributed by atoms with E-state index in [1.54, 1.807) is 19.0 Å². The maximum absolute atomic E-state index is 14.0. The maximum Gasteiger partial charge on any atom is 0.149 e. The minimum Gasteiger partial charge on any atom is -0.393 e. The van der Waals surface area contributed by atoms with Gasteiger partial charge in [-0.2, -0.15) is 0 Å². The highest BCUT2D eigenvalue weighted by Crippen LogP contribution is 2.31. The summed E-state index contributed by atoms with van der Waals surface area (Å²) in [5, 5.41) is 12.1. The Morgan fingerprint density at radius 3 is 2.37 bits per heavy atom. The smallest absolute Gasteiger partial charge is 0.149 e. The number of nitrogens with zero attached hydrogens (tertiary/aromatic N) is 1. The minimum absolute atomic E-state index is 0.0150. The fraction of sp³-hybridized carbons (Fsp3) is 0.571. The zero-order chi connectivity index (χ0) is 14.0. The lowest BCUT2D eigenvalue weighted by Crippen LogP contribution is -2.37. The van der Waals surface area contributed by atoms with Crippen molar-refractivity contribution >= 4 is 5.69 Å². The van der Waals surface area contributed by atoms with Gasteiger partial charge in [0.05, 0.1) is 6.10 Å². The fourth-order valence-corrected chi connectivity index (χ4v) is 2.62. The molecule has 0 aliphatic heterocycles. The number of halogens is 2. The zero-order valence-electron chi connectivity index (χ0n) is 11.3. The molecule has 5 heteroatoms. The highest BCUT2D eigenvalue weighted by molar-refractivity contribution is 5.50. The monoisotopic (exact) mass is 270 g/mol. The van der Waals surface area contributed by atoms with Gasteiger partial charge >= 0.3 is 0 Å². The van der Waals surface area contributed by atoms with E-state index >= 15 is 0 Å². The van der Waals surface area contributed by atoms with Crippen LogP contribution in [0.3, 0.4) is 0 Å². The van der Waals surface area contributed by atoms with E-state index in [1.165, 1.54) is 12.1 Å². The molecule has 1 aromatic carbocycles. The van der Waals surface area contributed by atoms with Gasteiger partial charge in [-0.1, -0.05) is 0 Å². The third kappa shape index (κ3) is 3.22. The molecule has 1 aromatic rings. The molecule has 1 fully saturated rings. The Kier molecular flexibility index (Phi) is 4.37. The van der Waals surface area contributed by atoms with Gasteiger partial charge in [0.1, 0.15) is 17.3 Å². The van der Waals surface area contributed by atoms with E-state index < -0.39 is 11.6 Å². The molecule has 3 nitrogen and oxygen atoms in total. The molecule has 0 unspecified atom stereocenters. The number of aliphatic hydroxyl groups excluding tert-OH is 1. The van der Waals surface area contributed by atoms with E-state index in [0.29, 0.717) is 37.4 Å². The molecule has 0 bridgehead atoms. The standard InChI is InChI=1S/C14H20F2N2O/c1-17-7-9-5-12(15)14(13(16)6-9)18(2)8-10-3-11(19)4-10/h5-6,10-11,17,19H,3-4,7-8H2,1-2H3. The number of hydrogen-bond acceptors (Lipinski definition) is 3. The van der Waals surface area contributed by atoms with Gasteiger partial charge in [0.15, 0.2) is 0 Å². The Hall–Kier alpha value is -1.20. The van der Waals surface area contributed by atoms with Crippen LogP contribution in [0.1, 0.15) is 18.4 Å². The minimum atomic E-state index is -0.535. The Morgan fingerprint density at radius 2 is 1.89 bits per heavy atom. The molecule has 2 rings (SSSR count). The van der Waals surface area contributed by atoms with Crippen LogP contribution in [-0.4, -0.2) is 31.9 Å². The van der Waals surface area contributed by atoms with Crippen LogP contribution in [-0.2, 0) is 6.54 Å². The van der Waals surface area contributed by atoms with Crippen molar-refractivity contribution in [1.82, 2.24) is 5.32 Å². The number of anilines is 1.